The summed E-state index contributed by atoms with van der Waals surface area (Å²) in [6, 6.07) is -1.11. The van der Waals surface area contributed by atoms with Crippen molar-refractivity contribution in [3.05, 3.63) is 0 Å². The molecule has 0 unspecified atom stereocenters. The molecule has 5 amide bonds. The molecule has 0 bridgehead atoms. The lowest BCUT2D eigenvalue weighted by molar-refractivity contribution is -0.285. The molecule has 0 spiro atoms. The summed E-state index contributed by atoms with van der Waals surface area (Å²) in [6.07, 6.45) is -2.01. The summed E-state index contributed by atoms with van der Waals surface area (Å²) >= 11 is 0. The normalized spacial score (nSPS) is 34.4. The Bertz CT molecular complexity index is 2220. The van der Waals surface area contributed by atoms with E-state index in [0.29, 0.717) is 57.8 Å². The van der Waals surface area contributed by atoms with Crippen LogP contribution < -0.4 is 26.6 Å². The first-order valence-electron chi connectivity index (χ1n) is 33.3. The minimum absolute atomic E-state index is 0.0725. The van der Waals surface area contributed by atoms with Gasteiger partial charge in [0.1, 0.15) is 36.6 Å². The monoisotopic (exact) mass is 1270 g/mol. The number of hydrogen-bond donors (Lipinski definition) is 11. The van der Waals surface area contributed by atoms with Crippen LogP contribution in [-0.2, 0) is 66.7 Å². The van der Waals surface area contributed by atoms with Gasteiger partial charge in [-0.05, 0) is 110 Å². The Labute approximate surface area is 526 Å². The van der Waals surface area contributed by atoms with Gasteiger partial charge in [0.05, 0.1) is 61.5 Å². The van der Waals surface area contributed by atoms with Crippen molar-refractivity contribution in [2.45, 2.75) is 288 Å². The smallest absolute Gasteiger partial charge is 0.332 e. The van der Waals surface area contributed by atoms with E-state index in [9.17, 15) is 59.4 Å². The molecule has 11 N–H and O–H groups in total. The van der Waals surface area contributed by atoms with E-state index >= 15 is 0 Å². The summed E-state index contributed by atoms with van der Waals surface area (Å²) in [5, 5.41) is 78.3. The Hall–Kier alpha value is -3.70. The number of nitrogens with one attached hydrogen (secondary N) is 5. The van der Waals surface area contributed by atoms with Crippen LogP contribution in [0.5, 0.6) is 0 Å². The molecule has 20 atom stereocenters. The van der Waals surface area contributed by atoms with Crippen molar-refractivity contribution in [2.24, 2.45) is 35.0 Å². The summed E-state index contributed by atoms with van der Waals surface area (Å²) in [5.74, 6) is -3.27. The molecular weight excluding hydrogens is 1160 g/mol. The van der Waals surface area contributed by atoms with Crippen molar-refractivity contribution in [1.82, 2.24) is 26.6 Å². The van der Waals surface area contributed by atoms with Crippen LogP contribution in [0.4, 0.5) is 0 Å². The fraction of sp³-hybridized carbons (Fsp3) is 0.906. The molecule has 0 aromatic rings. The van der Waals surface area contributed by atoms with Crippen molar-refractivity contribution in [1.29, 1.82) is 0 Å². The van der Waals surface area contributed by atoms with Gasteiger partial charge in [0.15, 0.2) is 18.7 Å². The van der Waals surface area contributed by atoms with E-state index in [1.54, 1.807) is 6.92 Å². The Kier molecular flexibility index (Phi) is 29.7. The molecule has 25 nitrogen and oxygen atoms in total. The van der Waals surface area contributed by atoms with Crippen molar-refractivity contribution in [3.8, 4) is 0 Å². The molecule has 6 rings (SSSR count). The SMILES string of the molecule is CC[C@H]1C[C@@H](C(=O)NCCNC(=O)CCC(C)(C)OCCC(C)(C)C(=O)NCCNC(=O)[C@H]2CC[C@H](O[C@@H]3O[C@@H](C)[C@@H](O)C[C@@H]3O)[C@@H](CC)C2)C[C@@H](OC[C@@H]2O[C@H](CO)[C@H](O)[C@H](O[C@@H](CC3CCCCC3)C(=O)O)[C@H]2NC(C)=O)[C@@H]1O[C@@H]1O[C@@H](C)CC[C@@H]1O. The zero-order chi connectivity index (χ0) is 65.2. The Morgan fingerprint density at radius 3 is 1.97 bits per heavy atom. The quantitative estimate of drug-likeness (QED) is 0.0431. The van der Waals surface area contributed by atoms with Crippen molar-refractivity contribution < 1.29 is 97.3 Å². The largest absolute Gasteiger partial charge is 0.479 e. The van der Waals surface area contributed by atoms with E-state index in [0.717, 1.165) is 38.5 Å². The third-order valence-electron chi connectivity index (χ3n) is 19.4. The number of amides is 5. The maximum atomic E-state index is 14.0. The highest BCUT2D eigenvalue weighted by Crippen LogP contribution is 2.40. The van der Waals surface area contributed by atoms with E-state index < -0.39 is 121 Å². The lowest BCUT2D eigenvalue weighted by Gasteiger charge is -2.47. The van der Waals surface area contributed by atoms with Gasteiger partial charge in [-0.2, -0.15) is 0 Å². The number of rotatable bonds is 32. The van der Waals surface area contributed by atoms with E-state index in [1.807, 2.05) is 48.5 Å². The summed E-state index contributed by atoms with van der Waals surface area (Å²) in [6.45, 7) is 16.6. The van der Waals surface area contributed by atoms with Gasteiger partial charge in [0.25, 0.3) is 0 Å². The number of hydrogen-bond acceptors (Lipinski definition) is 19. The van der Waals surface area contributed by atoms with Crippen LogP contribution in [0.25, 0.3) is 0 Å². The molecular formula is C64H111N5O20. The van der Waals surface area contributed by atoms with E-state index in [1.165, 1.54) is 6.92 Å². The maximum absolute atomic E-state index is 14.0. The molecule has 0 aromatic heterocycles. The van der Waals surface area contributed by atoms with Crippen LogP contribution in [0.1, 0.15) is 184 Å². The first-order chi connectivity index (χ1) is 42.2. The van der Waals surface area contributed by atoms with Gasteiger partial charge in [-0.25, -0.2) is 4.79 Å². The lowest BCUT2D eigenvalue weighted by Crippen LogP contribution is -2.66. The van der Waals surface area contributed by atoms with Crippen molar-refractivity contribution in [2.75, 3.05) is 46.0 Å². The second-order valence-corrected chi connectivity index (χ2v) is 27.4. The minimum Gasteiger partial charge on any atom is -0.479 e. The van der Waals surface area contributed by atoms with Gasteiger partial charge < -0.3 is 95.1 Å². The van der Waals surface area contributed by atoms with Crippen molar-refractivity contribution >= 4 is 35.5 Å². The molecule has 0 radical (unpaired) electrons. The number of ether oxygens (including phenoxy) is 8. The fourth-order valence-electron chi connectivity index (χ4n) is 13.6. The first-order valence-corrected chi connectivity index (χ1v) is 33.3. The molecule has 3 saturated heterocycles. The van der Waals surface area contributed by atoms with Gasteiger partial charge in [-0.3, -0.25) is 24.0 Å². The first kappa shape index (κ1) is 74.3. The summed E-state index contributed by atoms with van der Waals surface area (Å²) in [7, 11) is 0. The molecule has 6 aliphatic rings. The van der Waals surface area contributed by atoms with Gasteiger partial charge in [-0.1, -0.05) is 72.6 Å². The number of aliphatic carboxylic acids is 1. The van der Waals surface area contributed by atoms with Crippen LogP contribution in [0.2, 0.25) is 0 Å². The predicted molar refractivity (Wildman–Crippen MR) is 324 cm³/mol. The van der Waals surface area contributed by atoms with E-state index in [2.05, 4.69) is 26.6 Å². The molecule has 3 aliphatic heterocycles. The molecule has 0 aromatic carbocycles. The van der Waals surface area contributed by atoms with Crippen LogP contribution in [0, 0.1) is 35.0 Å². The highest BCUT2D eigenvalue weighted by atomic mass is 16.7. The van der Waals surface area contributed by atoms with Crippen LogP contribution >= 0.6 is 0 Å². The Morgan fingerprint density at radius 2 is 1.30 bits per heavy atom. The van der Waals surface area contributed by atoms with Crippen molar-refractivity contribution in [3.63, 3.8) is 0 Å². The van der Waals surface area contributed by atoms with Gasteiger partial charge in [-0.15, -0.1) is 0 Å². The minimum atomic E-state index is -1.51. The number of carboxylic acid groups (broad SMARTS) is 1. The molecule has 25 heteroatoms. The molecule has 3 saturated carbocycles. The number of carboxylic acids is 1. The average molecular weight is 1270 g/mol. The number of aliphatic hydroxyl groups excluding tert-OH is 5. The zero-order valence-corrected chi connectivity index (χ0v) is 54.4. The van der Waals surface area contributed by atoms with E-state index in [4.69, 9.17) is 37.9 Å². The van der Waals surface area contributed by atoms with Gasteiger partial charge in [0, 0.05) is 69.8 Å². The predicted octanol–water partition coefficient (Wildman–Crippen LogP) is 3.04. The third kappa shape index (κ3) is 22.5. The Morgan fingerprint density at radius 1 is 0.652 bits per heavy atom. The average Bonchev–Trinajstić information content (AvgIpc) is 3.00. The fourth-order valence-corrected chi connectivity index (χ4v) is 13.6. The Balaban J connectivity index is 0.938. The molecule has 89 heavy (non-hydrogen) atoms. The molecule has 3 heterocycles. The number of aliphatic hydroxyl groups is 5. The molecule has 512 valence electrons. The highest BCUT2D eigenvalue weighted by molar-refractivity contribution is 5.82. The zero-order valence-electron chi connectivity index (χ0n) is 54.4. The number of carbonyl (C=O) groups is 6. The topological polar surface area (TPSA) is 358 Å². The summed E-state index contributed by atoms with van der Waals surface area (Å²) in [5.41, 5.74) is -1.48. The standard InChI is InChI=1S/C64H111N5O20/c1-10-40-30-42(18-20-47(40)88-61-46(74)33-45(73)37(4)85-61)57(77)66-26-27-68-62(81)63(6,7)23-28-83-64(8,9)22-21-52(75)65-24-25-67-58(78)43-31-41(11-2)55(89-60-44(72)19-17-36(3)84-60)48(32-43)82-35-51-53(69-38(5)71)56(54(76)50(34-70)86-51)87-49(59(79)80)29-39-15-13-12-14-16-39/h36-37,39-51,53-56,60-61,70,72-74,76H,10-35H2,1-9H3,(H,65,75)(H,66,77)(H,67,78)(H,68,81)(H,69,71)(H,79,80)/t36-,37-,40-,41-,42-,43+,44-,45-,46-,47-,48+,49-,50+,51-,53-,54-,55+,56+,60-,61-/m0/s1. The van der Waals surface area contributed by atoms with Crippen LogP contribution in [0.15, 0.2) is 0 Å². The molecule has 3 aliphatic carbocycles. The highest BCUT2D eigenvalue weighted by Gasteiger charge is 2.50. The maximum Gasteiger partial charge on any atom is 0.332 e. The van der Waals surface area contributed by atoms with E-state index in [-0.39, 0.29) is 125 Å². The molecule has 6 fully saturated rings. The third-order valence-corrected chi connectivity index (χ3v) is 19.4. The lowest BCUT2D eigenvalue weighted by atomic mass is 9.75. The van der Waals surface area contributed by atoms with Gasteiger partial charge in [0.2, 0.25) is 29.5 Å². The van der Waals surface area contributed by atoms with Crippen LogP contribution in [-0.4, -0.2) is 216 Å². The second-order valence-electron chi connectivity index (χ2n) is 27.4. The second kappa shape index (κ2) is 35.5. The van der Waals surface area contributed by atoms with Gasteiger partial charge >= 0.3 is 5.97 Å². The number of carbonyl (C=O) groups excluding carboxylic acids is 5. The van der Waals surface area contributed by atoms with Crippen LogP contribution in [0.3, 0.4) is 0 Å². The summed E-state index contributed by atoms with van der Waals surface area (Å²) in [4.78, 5) is 79.1. The summed E-state index contributed by atoms with van der Waals surface area (Å²) < 4.78 is 49.9.